The average molecular weight is 326 g/mol. The number of benzene rings is 1. The summed E-state index contributed by atoms with van der Waals surface area (Å²) in [5, 5.41) is 2.93. The molecule has 1 atom stereocenters. The van der Waals surface area contributed by atoms with Crippen LogP contribution >= 0.6 is 0 Å². The maximum atomic E-state index is 12.5. The lowest BCUT2D eigenvalue weighted by molar-refractivity contribution is -0.134. The number of aromatic nitrogens is 2. The Morgan fingerprint density at radius 2 is 2.12 bits per heavy atom. The number of hydrogen-bond donors (Lipinski definition) is 1. The summed E-state index contributed by atoms with van der Waals surface area (Å²) in [6, 6.07) is 9.81. The van der Waals surface area contributed by atoms with E-state index in [4.69, 9.17) is 4.74 Å². The minimum Gasteiger partial charge on any atom is -0.363 e. The Balaban J connectivity index is 1.71. The molecule has 6 heteroatoms. The van der Waals surface area contributed by atoms with E-state index in [1.807, 2.05) is 50.2 Å². The largest absolute Gasteiger partial charge is 0.363 e. The van der Waals surface area contributed by atoms with Gasteiger partial charge in [-0.3, -0.25) is 4.79 Å². The first-order chi connectivity index (χ1) is 11.5. The first-order valence-corrected chi connectivity index (χ1v) is 8.03. The molecule has 2 heterocycles. The summed E-state index contributed by atoms with van der Waals surface area (Å²) in [4.78, 5) is 23.2. The fourth-order valence-corrected chi connectivity index (χ4v) is 2.79. The van der Waals surface area contributed by atoms with Crippen molar-refractivity contribution in [2.75, 3.05) is 25.6 Å². The van der Waals surface area contributed by atoms with Crippen molar-refractivity contribution in [1.82, 2.24) is 15.3 Å². The second-order valence-corrected chi connectivity index (χ2v) is 6.11. The van der Waals surface area contributed by atoms with Gasteiger partial charge < -0.3 is 15.0 Å². The van der Waals surface area contributed by atoms with Crippen LogP contribution in [0.4, 0.5) is 5.95 Å². The topological polar surface area (TPSA) is 67.3 Å². The number of carbonyl (C=O) groups excluding carboxylic acids is 1. The van der Waals surface area contributed by atoms with Crippen molar-refractivity contribution in [3.8, 4) is 0 Å². The number of amides is 1. The zero-order chi connectivity index (χ0) is 17.1. The van der Waals surface area contributed by atoms with E-state index >= 15 is 0 Å². The summed E-state index contributed by atoms with van der Waals surface area (Å²) < 4.78 is 5.69. The Labute approximate surface area is 141 Å². The third kappa shape index (κ3) is 3.54. The van der Waals surface area contributed by atoms with E-state index in [-0.39, 0.29) is 5.91 Å². The normalized spacial score (nSPS) is 16.4. The van der Waals surface area contributed by atoms with Crippen molar-refractivity contribution in [2.24, 2.45) is 0 Å². The van der Waals surface area contributed by atoms with Crippen LogP contribution in [0.2, 0.25) is 0 Å². The number of fused-ring (bicyclic) bond motifs is 1. The van der Waals surface area contributed by atoms with Crippen LogP contribution < -0.4 is 10.2 Å². The Morgan fingerprint density at radius 1 is 1.33 bits per heavy atom. The molecular weight excluding hydrogens is 304 g/mol. The highest BCUT2D eigenvalue weighted by atomic mass is 16.5. The molecule has 0 saturated heterocycles. The zero-order valence-corrected chi connectivity index (χ0v) is 14.2. The lowest BCUT2D eigenvalue weighted by Gasteiger charge is -2.25. The maximum Gasteiger partial charge on any atom is 0.254 e. The quantitative estimate of drug-likeness (QED) is 0.928. The third-order valence-electron chi connectivity index (χ3n) is 3.97. The Bertz CT molecular complexity index is 746. The van der Waals surface area contributed by atoms with Crippen molar-refractivity contribution in [3.05, 3.63) is 52.8 Å². The van der Waals surface area contributed by atoms with E-state index in [9.17, 15) is 4.79 Å². The number of aryl methyl sites for hydroxylation is 1. The molecule has 1 aromatic carbocycles. The number of carbonyl (C=O) groups is 1. The average Bonchev–Trinajstić information content (AvgIpc) is 2.58. The zero-order valence-electron chi connectivity index (χ0n) is 14.2. The molecule has 0 fully saturated rings. The Hall–Kier alpha value is -2.47. The number of nitrogens with zero attached hydrogens (tertiary/aromatic N) is 3. The summed E-state index contributed by atoms with van der Waals surface area (Å²) >= 11 is 0. The van der Waals surface area contributed by atoms with Crippen molar-refractivity contribution >= 4 is 11.9 Å². The van der Waals surface area contributed by atoms with Gasteiger partial charge in [0.15, 0.2) is 6.10 Å². The number of ether oxygens (including phenoxy) is 1. The molecule has 1 aliphatic rings. The standard InChI is InChI=1S/C18H22N4O2/c1-12-10-14(21-18(20-12)22(2)3)11-19-17(23)16-15-7-5-4-6-13(15)8-9-24-16/h4-7,10,16H,8-9,11H2,1-3H3,(H,19,23)/t16-/m1/s1. The van der Waals surface area contributed by atoms with E-state index in [1.54, 1.807) is 0 Å². The number of nitrogens with one attached hydrogen (secondary N) is 1. The predicted octanol–water partition coefficient (Wildman–Crippen LogP) is 1.78. The minimum absolute atomic E-state index is 0.134. The van der Waals surface area contributed by atoms with Crippen LogP contribution in [0.3, 0.4) is 0 Å². The van der Waals surface area contributed by atoms with Crippen LogP contribution in [0, 0.1) is 6.92 Å². The van der Waals surface area contributed by atoms with Gasteiger partial charge in [-0.15, -0.1) is 0 Å². The summed E-state index contributed by atoms with van der Waals surface area (Å²) in [5.74, 6) is 0.503. The van der Waals surface area contributed by atoms with Crippen molar-refractivity contribution < 1.29 is 9.53 Å². The summed E-state index contributed by atoms with van der Waals surface area (Å²) in [7, 11) is 3.79. The predicted molar refractivity (Wildman–Crippen MR) is 91.8 cm³/mol. The van der Waals surface area contributed by atoms with Crippen molar-refractivity contribution in [2.45, 2.75) is 26.0 Å². The number of anilines is 1. The van der Waals surface area contributed by atoms with Crippen molar-refractivity contribution in [1.29, 1.82) is 0 Å². The molecule has 0 spiro atoms. The fraction of sp³-hybridized carbons (Fsp3) is 0.389. The number of rotatable bonds is 4. The third-order valence-corrected chi connectivity index (χ3v) is 3.97. The van der Waals surface area contributed by atoms with Crippen LogP contribution in [0.5, 0.6) is 0 Å². The summed E-state index contributed by atoms with van der Waals surface area (Å²) in [6.07, 6.45) is 0.295. The molecule has 1 aliphatic heterocycles. The monoisotopic (exact) mass is 326 g/mol. The lowest BCUT2D eigenvalue weighted by atomic mass is 9.97. The van der Waals surface area contributed by atoms with Gasteiger partial charge >= 0.3 is 0 Å². The van der Waals surface area contributed by atoms with Crippen LogP contribution in [0.25, 0.3) is 0 Å². The Kier molecular flexibility index (Phi) is 4.76. The second-order valence-electron chi connectivity index (χ2n) is 6.11. The van der Waals surface area contributed by atoms with Gasteiger partial charge in [0.2, 0.25) is 5.95 Å². The fourth-order valence-electron chi connectivity index (χ4n) is 2.79. The molecular formula is C18H22N4O2. The smallest absolute Gasteiger partial charge is 0.254 e. The summed E-state index contributed by atoms with van der Waals surface area (Å²) in [6.45, 7) is 2.83. The molecule has 0 aliphatic carbocycles. The second kappa shape index (κ2) is 6.97. The molecule has 0 bridgehead atoms. The highest BCUT2D eigenvalue weighted by Crippen LogP contribution is 2.27. The molecule has 24 heavy (non-hydrogen) atoms. The van der Waals surface area contributed by atoms with Gasteiger partial charge in [0.05, 0.1) is 18.8 Å². The number of hydrogen-bond acceptors (Lipinski definition) is 5. The highest BCUT2D eigenvalue weighted by molar-refractivity contribution is 5.82. The molecule has 0 saturated carbocycles. The maximum absolute atomic E-state index is 12.5. The molecule has 1 N–H and O–H groups in total. The van der Waals surface area contributed by atoms with Gasteiger partial charge in [0.25, 0.3) is 5.91 Å². The Morgan fingerprint density at radius 3 is 2.92 bits per heavy atom. The van der Waals surface area contributed by atoms with Gasteiger partial charge in [-0.1, -0.05) is 24.3 Å². The van der Waals surface area contributed by atoms with Gasteiger partial charge in [-0.05, 0) is 30.5 Å². The van der Waals surface area contributed by atoms with Gasteiger partial charge in [0, 0.05) is 19.8 Å². The highest BCUT2D eigenvalue weighted by Gasteiger charge is 2.26. The minimum atomic E-state index is -0.550. The van der Waals surface area contributed by atoms with E-state index in [1.165, 1.54) is 5.56 Å². The van der Waals surface area contributed by atoms with Crippen LogP contribution in [0.1, 0.15) is 28.6 Å². The molecule has 2 aromatic rings. The van der Waals surface area contributed by atoms with E-state index in [0.717, 1.165) is 23.4 Å². The van der Waals surface area contributed by atoms with Crippen LogP contribution in [-0.4, -0.2) is 36.6 Å². The van der Waals surface area contributed by atoms with E-state index in [2.05, 4.69) is 21.4 Å². The molecule has 6 nitrogen and oxygen atoms in total. The molecule has 1 aromatic heterocycles. The van der Waals surface area contributed by atoms with Crippen molar-refractivity contribution in [3.63, 3.8) is 0 Å². The van der Waals surface area contributed by atoms with Crippen LogP contribution in [-0.2, 0) is 22.5 Å². The first kappa shape index (κ1) is 16.4. The molecule has 0 radical (unpaired) electrons. The van der Waals surface area contributed by atoms with Gasteiger partial charge in [-0.2, -0.15) is 0 Å². The molecule has 126 valence electrons. The lowest BCUT2D eigenvalue weighted by Crippen LogP contribution is -2.33. The molecule has 0 unspecified atom stereocenters. The first-order valence-electron chi connectivity index (χ1n) is 8.03. The molecule has 3 rings (SSSR count). The molecule has 1 amide bonds. The van der Waals surface area contributed by atoms with Gasteiger partial charge in [-0.25, -0.2) is 9.97 Å². The van der Waals surface area contributed by atoms with Gasteiger partial charge in [0.1, 0.15) is 0 Å². The van der Waals surface area contributed by atoms with E-state index < -0.39 is 6.10 Å². The summed E-state index contributed by atoms with van der Waals surface area (Å²) in [5.41, 5.74) is 3.78. The van der Waals surface area contributed by atoms with E-state index in [0.29, 0.717) is 19.1 Å². The SMILES string of the molecule is Cc1cc(CNC(=O)[C@@H]2OCCc3ccccc32)nc(N(C)C)n1. The van der Waals surface area contributed by atoms with Crippen LogP contribution in [0.15, 0.2) is 30.3 Å².